The van der Waals surface area contributed by atoms with Crippen molar-refractivity contribution in [1.82, 2.24) is 0 Å². The van der Waals surface area contributed by atoms with Gasteiger partial charge in [0.1, 0.15) is 0 Å². The number of rotatable bonds is 6. The molecule has 0 aromatic heterocycles. The number of anilines is 3. The van der Waals surface area contributed by atoms with Crippen molar-refractivity contribution < 1.29 is 0 Å². The minimum atomic E-state index is -0.541. The Bertz CT molecular complexity index is 3980. The maximum Gasteiger partial charge on any atom is 0.0726 e. The van der Waals surface area contributed by atoms with E-state index < -0.39 is 5.41 Å². The maximum absolute atomic E-state index is 2.65. The van der Waals surface area contributed by atoms with Crippen LogP contribution in [0.5, 0.6) is 0 Å². The lowest BCUT2D eigenvalue weighted by molar-refractivity contribution is 0.327. The third kappa shape index (κ3) is 6.65. The van der Waals surface area contributed by atoms with Crippen LogP contribution in [0.3, 0.4) is 0 Å². The quantitative estimate of drug-likeness (QED) is 0.160. The van der Waals surface area contributed by atoms with Gasteiger partial charge in [-0.15, -0.1) is 0 Å². The summed E-state index contributed by atoms with van der Waals surface area (Å²) in [6, 6.07) is 86.8. The van der Waals surface area contributed by atoms with Crippen LogP contribution in [0.25, 0.3) is 66.8 Å². The molecule has 15 rings (SSSR count). The molecule has 0 saturated heterocycles. The Morgan fingerprint density at radius 1 is 0.351 bits per heavy atom. The fraction of sp³-hybridized carbons (Fsp3) is 0.211. The molecule has 3 unspecified atom stereocenters. The van der Waals surface area contributed by atoms with Crippen molar-refractivity contribution in [3.05, 3.63) is 269 Å². The van der Waals surface area contributed by atoms with Crippen LogP contribution < -0.4 is 4.90 Å². The Morgan fingerprint density at radius 2 is 0.779 bits per heavy atom. The van der Waals surface area contributed by atoms with Gasteiger partial charge in [0, 0.05) is 22.4 Å². The topological polar surface area (TPSA) is 3.24 Å². The summed E-state index contributed by atoms with van der Waals surface area (Å²) in [5.41, 5.74) is 29.7. The molecule has 2 saturated carbocycles. The zero-order valence-corrected chi connectivity index (χ0v) is 45.3. The van der Waals surface area contributed by atoms with Crippen LogP contribution in [-0.4, -0.2) is 0 Å². The van der Waals surface area contributed by atoms with E-state index in [1.54, 1.807) is 5.56 Å². The molecule has 2 spiro atoms. The number of hydrogen-bond donors (Lipinski definition) is 0. The van der Waals surface area contributed by atoms with Gasteiger partial charge in [-0.25, -0.2) is 0 Å². The second-order valence-corrected chi connectivity index (χ2v) is 25.2. The van der Waals surface area contributed by atoms with Crippen LogP contribution in [-0.2, 0) is 21.7 Å². The van der Waals surface area contributed by atoms with E-state index in [1.165, 1.54) is 137 Å². The molecular formula is C76H65N. The Labute approximate surface area is 456 Å². The second kappa shape index (κ2) is 16.7. The largest absolute Gasteiger partial charge is 0.310 e. The predicted molar refractivity (Wildman–Crippen MR) is 323 cm³/mol. The average molecular weight is 992 g/mol. The molecule has 0 heterocycles. The lowest BCUT2D eigenvalue weighted by Gasteiger charge is -2.37. The Hall–Kier alpha value is -8.00. The molecular weight excluding hydrogens is 927 g/mol. The van der Waals surface area contributed by atoms with Crippen molar-refractivity contribution in [3.63, 3.8) is 0 Å². The zero-order chi connectivity index (χ0) is 52.0. The number of para-hydroxylation sites is 1. The summed E-state index contributed by atoms with van der Waals surface area (Å²) in [5, 5.41) is 0. The fourth-order valence-corrected chi connectivity index (χ4v) is 15.6. The van der Waals surface area contributed by atoms with Crippen LogP contribution in [0.2, 0.25) is 0 Å². The van der Waals surface area contributed by atoms with Crippen molar-refractivity contribution in [2.75, 3.05) is 4.90 Å². The molecule has 10 aromatic rings. The van der Waals surface area contributed by atoms with Gasteiger partial charge in [0.25, 0.3) is 0 Å². The molecule has 0 radical (unpaired) electrons. The maximum atomic E-state index is 2.65. The smallest absolute Gasteiger partial charge is 0.0726 e. The summed E-state index contributed by atoms with van der Waals surface area (Å²) < 4.78 is 0. The van der Waals surface area contributed by atoms with E-state index in [0.717, 1.165) is 17.3 Å². The summed E-state index contributed by atoms with van der Waals surface area (Å²) in [5.74, 6) is 1.43. The molecule has 77 heavy (non-hydrogen) atoms. The molecule has 3 atom stereocenters. The zero-order valence-electron chi connectivity index (χ0n) is 45.3. The fourth-order valence-electron chi connectivity index (χ4n) is 15.6. The van der Waals surface area contributed by atoms with Crippen LogP contribution in [0.15, 0.2) is 224 Å². The monoisotopic (exact) mass is 992 g/mol. The van der Waals surface area contributed by atoms with Crippen LogP contribution >= 0.6 is 0 Å². The number of hydrogen-bond acceptors (Lipinski definition) is 1. The van der Waals surface area contributed by atoms with Gasteiger partial charge in [-0.3, -0.25) is 0 Å². The van der Waals surface area contributed by atoms with Gasteiger partial charge in [0.2, 0.25) is 0 Å². The standard InChI is InChI=1S/C76H65N/c1-73(2,3)50-34-38-62-63-39-35-51(74(4,5)6)44-70(63)76(69(62)43-50)67-30-18-15-27-60(67)64-41-37-54(46-71(64)76)77(53-36-40-61-59-26-14-17-29-66(59)75(68(61)45-53)47-48-32-33-52(75)42-48)72-31-19-16-28-65(72)58-25-13-12-24-57(58)56-23-11-10-22-55(56)49-20-8-7-9-21-49/h7-31,34-41,43-46,48,52H,32-33,42,47H2,1-6H3. The minimum Gasteiger partial charge on any atom is -0.310 e. The highest BCUT2D eigenvalue weighted by Crippen LogP contribution is 2.67. The second-order valence-electron chi connectivity index (χ2n) is 25.2. The van der Waals surface area contributed by atoms with Gasteiger partial charge in [-0.1, -0.05) is 242 Å². The molecule has 5 aliphatic rings. The first-order chi connectivity index (χ1) is 37.4. The Morgan fingerprint density at radius 3 is 1.35 bits per heavy atom. The lowest BCUT2D eigenvalue weighted by Crippen LogP contribution is -2.32. The van der Waals surface area contributed by atoms with Gasteiger partial charge < -0.3 is 4.90 Å². The molecule has 2 fully saturated rings. The van der Waals surface area contributed by atoms with Gasteiger partial charge in [0.05, 0.1) is 11.1 Å². The average Bonchev–Trinajstić information content (AvgIpc) is 4.12. The first-order valence-corrected chi connectivity index (χ1v) is 28.4. The molecule has 1 nitrogen and oxygen atoms in total. The van der Waals surface area contributed by atoms with E-state index in [9.17, 15) is 0 Å². The van der Waals surface area contributed by atoms with Crippen molar-refractivity contribution in [1.29, 1.82) is 0 Å². The van der Waals surface area contributed by atoms with E-state index in [1.807, 2.05) is 0 Å². The lowest BCUT2D eigenvalue weighted by atomic mass is 9.67. The van der Waals surface area contributed by atoms with Crippen molar-refractivity contribution in [2.24, 2.45) is 11.8 Å². The van der Waals surface area contributed by atoms with Crippen molar-refractivity contribution in [2.45, 2.75) is 88.9 Å². The Balaban J connectivity index is 1.01. The van der Waals surface area contributed by atoms with E-state index in [4.69, 9.17) is 0 Å². The number of nitrogens with zero attached hydrogens (tertiary/aromatic N) is 1. The normalized spacial score (nSPS) is 18.7. The summed E-state index contributed by atoms with van der Waals surface area (Å²) in [4.78, 5) is 2.64. The molecule has 374 valence electrons. The molecule has 2 bridgehead atoms. The molecule has 5 aliphatic carbocycles. The van der Waals surface area contributed by atoms with Crippen LogP contribution in [0.4, 0.5) is 17.1 Å². The summed E-state index contributed by atoms with van der Waals surface area (Å²) in [7, 11) is 0. The Kier molecular flexibility index (Phi) is 10.1. The van der Waals surface area contributed by atoms with Gasteiger partial charge in [0.15, 0.2) is 0 Å². The highest BCUT2D eigenvalue weighted by Gasteiger charge is 2.57. The number of fused-ring (bicyclic) bond motifs is 18. The third-order valence-electron chi connectivity index (χ3n) is 19.1. The van der Waals surface area contributed by atoms with Gasteiger partial charge >= 0.3 is 0 Å². The minimum absolute atomic E-state index is 0.0280. The first-order valence-electron chi connectivity index (χ1n) is 28.4. The van der Waals surface area contributed by atoms with E-state index in [2.05, 4.69) is 271 Å². The highest BCUT2D eigenvalue weighted by molar-refractivity contribution is 6.00. The highest BCUT2D eigenvalue weighted by atomic mass is 15.1. The summed E-state index contributed by atoms with van der Waals surface area (Å²) in [6.07, 6.45) is 5.23. The van der Waals surface area contributed by atoms with Crippen LogP contribution in [0.1, 0.15) is 112 Å². The number of benzene rings is 10. The molecule has 1 heteroatoms. The van der Waals surface area contributed by atoms with E-state index in [-0.39, 0.29) is 16.2 Å². The molecule has 10 aromatic carbocycles. The van der Waals surface area contributed by atoms with E-state index in [0.29, 0.717) is 5.92 Å². The third-order valence-corrected chi connectivity index (χ3v) is 19.1. The van der Waals surface area contributed by atoms with Crippen molar-refractivity contribution >= 4 is 17.1 Å². The summed E-state index contributed by atoms with van der Waals surface area (Å²) >= 11 is 0. The van der Waals surface area contributed by atoms with Gasteiger partial charge in [-0.05, 0) is 178 Å². The summed E-state index contributed by atoms with van der Waals surface area (Å²) in [6.45, 7) is 14.2. The van der Waals surface area contributed by atoms with E-state index >= 15 is 0 Å². The first kappa shape index (κ1) is 46.3. The van der Waals surface area contributed by atoms with Crippen LogP contribution in [0, 0.1) is 11.8 Å². The van der Waals surface area contributed by atoms with Gasteiger partial charge in [-0.2, -0.15) is 0 Å². The predicted octanol–water partition coefficient (Wildman–Crippen LogP) is 20.2. The molecule has 0 N–H and O–H groups in total. The SMILES string of the molecule is CC(C)(C)c1ccc2c(c1)C1(c3ccccc3-c3ccc(N(c4ccc5c(c4)C4(CC6CCC4C6)c4ccccc4-5)c4ccccc4-c4ccccc4-c4ccccc4-c4ccccc4)cc31)c1cc(C(C)(C)C)ccc1-2. The van der Waals surface area contributed by atoms with Crippen molar-refractivity contribution in [3.8, 4) is 66.8 Å². The molecule has 0 amide bonds. The molecule has 0 aliphatic heterocycles.